The summed E-state index contributed by atoms with van der Waals surface area (Å²) in [5.74, 6) is 0. The average Bonchev–Trinajstić information content (AvgIpc) is 2.20. The molecule has 0 fully saturated rings. The van der Waals surface area contributed by atoms with Gasteiger partial charge in [0, 0.05) is 36.7 Å². The van der Waals surface area contributed by atoms with Gasteiger partial charge in [0.1, 0.15) is 7.85 Å². The molecule has 0 bridgehead atoms. The van der Waals surface area contributed by atoms with E-state index in [0.717, 1.165) is 29.0 Å². The van der Waals surface area contributed by atoms with E-state index < -0.39 is 0 Å². The average molecular weight is 186 g/mol. The lowest BCUT2D eigenvalue weighted by Crippen LogP contribution is -2.26. The quantitative estimate of drug-likeness (QED) is 0.661. The molecule has 3 heteroatoms. The Kier molecular flexibility index (Phi) is 3.34. The van der Waals surface area contributed by atoms with Crippen molar-refractivity contribution < 1.29 is 0 Å². The fourth-order valence-corrected chi connectivity index (χ4v) is 1.36. The third-order valence-corrected chi connectivity index (χ3v) is 2.39. The highest BCUT2D eigenvalue weighted by Gasteiger charge is 2.09. The number of hydrogen-bond acceptors (Lipinski definition) is 2. The first-order valence-electron chi connectivity index (χ1n) is 4.70. The number of aromatic nitrogens is 1. The van der Waals surface area contributed by atoms with Crippen molar-refractivity contribution in [2.45, 2.75) is 13.8 Å². The number of aryl methyl sites for hydroxylation is 1. The number of rotatable bonds is 3. The van der Waals surface area contributed by atoms with Gasteiger partial charge in [-0.3, -0.25) is 4.98 Å². The first kappa shape index (κ1) is 10.8. The molecular formula is C11H15BN2. The molecule has 0 atom stereocenters. The van der Waals surface area contributed by atoms with E-state index in [0.29, 0.717) is 0 Å². The summed E-state index contributed by atoms with van der Waals surface area (Å²) in [6, 6.07) is 0. The van der Waals surface area contributed by atoms with Gasteiger partial charge < -0.3 is 4.90 Å². The molecule has 14 heavy (non-hydrogen) atoms. The van der Waals surface area contributed by atoms with E-state index in [1.165, 1.54) is 0 Å². The maximum Gasteiger partial charge on any atom is 0.119 e. The standard InChI is InChI=1S/C11H15BN2/c1-5-9-7-13-8(3)10(12)11(9)14(4)6-2/h5,7H,1,6H2,2-4H3. The molecule has 0 spiro atoms. The lowest BCUT2D eigenvalue weighted by molar-refractivity contribution is 0.965. The zero-order valence-corrected chi connectivity index (χ0v) is 9.04. The predicted octanol–water partition coefficient (Wildman–Crippen LogP) is 1.28. The molecule has 1 aromatic rings. The monoisotopic (exact) mass is 186 g/mol. The minimum Gasteiger partial charge on any atom is -0.375 e. The largest absolute Gasteiger partial charge is 0.375 e. The van der Waals surface area contributed by atoms with E-state index in [4.69, 9.17) is 7.85 Å². The fraction of sp³-hybridized carbons (Fsp3) is 0.364. The Balaban J connectivity index is 3.34. The molecule has 0 aliphatic heterocycles. The van der Waals surface area contributed by atoms with E-state index in [2.05, 4.69) is 23.4 Å². The van der Waals surface area contributed by atoms with Crippen LogP contribution >= 0.6 is 0 Å². The molecule has 1 rings (SSSR count). The second kappa shape index (κ2) is 4.31. The molecule has 1 heterocycles. The summed E-state index contributed by atoms with van der Waals surface area (Å²) in [5, 5.41) is 0. The first-order valence-corrected chi connectivity index (χ1v) is 4.70. The van der Waals surface area contributed by atoms with Gasteiger partial charge in [0.2, 0.25) is 0 Å². The summed E-state index contributed by atoms with van der Waals surface area (Å²) in [4.78, 5) is 6.30. The second-order valence-corrected chi connectivity index (χ2v) is 3.28. The van der Waals surface area contributed by atoms with Crippen LogP contribution in [0.5, 0.6) is 0 Å². The predicted molar refractivity (Wildman–Crippen MR) is 63.4 cm³/mol. The fourth-order valence-electron chi connectivity index (χ4n) is 1.36. The second-order valence-electron chi connectivity index (χ2n) is 3.28. The summed E-state index contributed by atoms with van der Waals surface area (Å²) < 4.78 is 0. The summed E-state index contributed by atoms with van der Waals surface area (Å²) in [7, 11) is 8.00. The molecule has 0 aromatic carbocycles. The first-order chi connectivity index (χ1) is 6.61. The number of hydrogen-bond donors (Lipinski definition) is 0. The van der Waals surface area contributed by atoms with Crippen LogP contribution in [-0.2, 0) is 0 Å². The van der Waals surface area contributed by atoms with Crippen molar-refractivity contribution in [1.82, 2.24) is 4.98 Å². The summed E-state index contributed by atoms with van der Waals surface area (Å²) in [6.07, 6.45) is 3.59. The van der Waals surface area contributed by atoms with Crippen molar-refractivity contribution in [3.8, 4) is 0 Å². The smallest absolute Gasteiger partial charge is 0.119 e. The molecule has 0 saturated carbocycles. The van der Waals surface area contributed by atoms with E-state index >= 15 is 0 Å². The minimum absolute atomic E-state index is 0.742. The van der Waals surface area contributed by atoms with Crippen molar-refractivity contribution in [3.05, 3.63) is 24.0 Å². The lowest BCUT2D eigenvalue weighted by Gasteiger charge is -2.23. The van der Waals surface area contributed by atoms with E-state index in [1.807, 2.05) is 14.0 Å². The van der Waals surface area contributed by atoms with Gasteiger partial charge >= 0.3 is 0 Å². The molecule has 2 radical (unpaired) electrons. The number of anilines is 1. The van der Waals surface area contributed by atoms with Crippen LogP contribution in [0.1, 0.15) is 18.2 Å². The van der Waals surface area contributed by atoms with Gasteiger partial charge in [-0.2, -0.15) is 0 Å². The third kappa shape index (κ3) is 1.81. The molecule has 0 amide bonds. The number of pyridine rings is 1. The zero-order valence-electron chi connectivity index (χ0n) is 9.04. The van der Waals surface area contributed by atoms with Gasteiger partial charge in [0.15, 0.2) is 0 Å². The highest BCUT2D eigenvalue weighted by molar-refractivity contribution is 6.37. The van der Waals surface area contributed by atoms with Gasteiger partial charge in [-0.25, -0.2) is 0 Å². The molecule has 0 saturated heterocycles. The van der Waals surface area contributed by atoms with Gasteiger partial charge in [-0.15, -0.1) is 0 Å². The van der Waals surface area contributed by atoms with E-state index in [-0.39, 0.29) is 0 Å². The summed E-state index contributed by atoms with van der Waals surface area (Å²) >= 11 is 0. The molecule has 0 unspecified atom stereocenters. The highest BCUT2D eigenvalue weighted by Crippen LogP contribution is 2.17. The lowest BCUT2D eigenvalue weighted by atomic mass is 9.90. The SMILES string of the molecule is [B]c1c(C)ncc(C=C)c1N(C)CC. The van der Waals surface area contributed by atoms with Crippen LogP contribution in [0.25, 0.3) is 6.08 Å². The third-order valence-electron chi connectivity index (χ3n) is 2.39. The van der Waals surface area contributed by atoms with Crippen molar-refractivity contribution >= 4 is 25.1 Å². The van der Waals surface area contributed by atoms with Crippen LogP contribution < -0.4 is 10.4 Å². The van der Waals surface area contributed by atoms with Crippen molar-refractivity contribution in [1.29, 1.82) is 0 Å². The van der Waals surface area contributed by atoms with Crippen molar-refractivity contribution in [3.63, 3.8) is 0 Å². The number of nitrogens with zero attached hydrogens (tertiary/aromatic N) is 2. The van der Waals surface area contributed by atoms with Crippen LogP contribution in [0.2, 0.25) is 0 Å². The van der Waals surface area contributed by atoms with Crippen LogP contribution in [0.4, 0.5) is 5.69 Å². The minimum atomic E-state index is 0.742. The van der Waals surface area contributed by atoms with Gasteiger partial charge in [0.25, 0.3) is 0 Å². The normalized spacial score (nSPS) is 9.93. The molecule has 2 nitrogen and oxygen atoms in total. The maximum absolute atomic E-state index is 5.98. The van der Waals surface area contributed by atoms with Crippen LogP contribution in [0.15, 0.2) is 12.8 Å². The van der Waals surface area contributed by atoms with E-state index in [1.54, 1.807) is 12.3 Å². The molecule has 0 aliphatic rings. The van der Waals surface area contributed by atoms with Crippen LogP contribution in [-0.4, -0.2) is 26.4 Å². The van der Waals surface area contributed by atoms with Gasteiger partial charge in [0.05, 0.1) is 0 Å². The summed E-state index contributed by atoms with van der Waals surface area (Å²) in [6.45, 7) is 8.67. The van der Waals surface area contributed by atoms with Crippen molar-refractivity contribution in [2.75, 3.05) is 18.5 Å². The molecule has 72 valence electrons. The Hall–Kier alpha value is -1.25. The molecular weight excluding hydrogens is 171 g/mol. The van der Waals surface area contributed by atoms with Crippen LogP contribution in [0.3, 0.4) is 0 Å². The summed E-state index contributed by atoms with van der Waals surface area (Å²) in [5.41, 5.74) is 3.62. The topological polar surface area (TPSA) is 16.1 Å². The van der Waals surface area contributed by atoms with Crippen LogP contribution in [0, 0.1) is 6.92 Å². The molecule has 0 N–H and O–H groups in total. The maximum atomic E-state index is 5.98. The van der Waals surface area contributed by atoms with E-state index in [9.17, 15) is 0 Å². The Morgan fingerprint density at radius 2 is 2.29 bits per heavy atom. The van der Waals surface area contributed by atoms with Crippen molar-refractivity contribution in [2.24, 2.45) is 0 Å². The van der Waals surface area contributed by atoms with Gasteiger partial charge in [-0.1, -0.05) is 18.1 Å². The Morgan fingerprint density at radius 3 is 2.79 bits per heavy atom. The Bertz CT molecular complexity index is 347. The Morgan fingerprint density at radius 1 is 1.64 bits per heavy atom. The Labute approximate surface area is 87.1 Å². The van der Waals surface area contributed by atoms with Gasteiger partial charge in [-0.05, 0) is 13.8 Å². The molecule has 1 aromatic heterocycles. The molecule has 0 aliphatic carbocycles. The highest BCUT2D eigenvalue weighted by atomic mass is 15.1. The zero-order chi connectivity index (χ0) is 10.7.